The molecule has 2 aromatic carbocycles. The fraction of sp³-hybridized carbons (Fsp3) is 0.364. The van der Waals surface area contributed by atoms with Crippen LogP contribution in [-0.2, 0) is 15.0 Å². The number of hydrogen-bond acceptors (Lipinski definition) is 3. The largest absolute Gasteiger partial charge is 0.488 e. The van der Waals surface area contributed by atoms with Gasteiger partial charge in [-0.3, -0.25) is 9.59 Å². The Kier molecular flexibility index (Phi) is 4.60. The van der Waals surface area contributed by atoms with Gasteiger partial charge in [-0.1, -0.05) is 48.5 Å². The lowest BCUT2D eigenvalue weighted by molar-refractivity contribution is -0.140. The number of benzene rings is 2. The normalized spacial score (nSPS) is 22.9. The van der Waals surface area contributed by atoms with E-state index in [0.717, 1.165) is 24.2 Å². The van der Waals surface area contributed by atoms with Crippen molar-refractivity contribution in [3.63, 3.8) is 0 Å². The summed E-state index contributed by atoms with van der Waals surface area (Å²) < 4.78 is 6.05. The molecular formula is C22H24N2O3. The highest BCUT2D eigenvalue weighted by atomic mass is 16.5. The van der Waals surface area contributed by atoms with Crippen LogP contribution in [-0.4, -0.2) is 42.5 Å². The minimum Gasteiger partial charge on any atom is -0.488 e. The Balaban J connectivity index is 1.56. The van der Waals surface area contributed by atoms with Crippen LogP contribution in [0.25, 0.3) is 0 Å². The summed E-state index contributed by atoms with van der Waals surface area (Å²) in [5, 5.41) is 2.70. The van der Waals surface area contributed by atoms with Gasteiger partial charge in [0.15, 0.2) is 0 Å². The third kappa shape index (κ3) is 3.29. The first-order valence-electron chi connectivity index (χ1n) is 9.44. The van der Waals surface area contributed by atoms with Crippen molar-refractivity contribution in [2.24, 2.45) is 0 Å². The first-order valence-corrected chi connectivity index (χ1v) is 9.44. The highest BCUT2D eigenvalue weighted by molar-refractivity contribution is 5.95. The van der Waals surface area contributed by atoms with E-state index in [2.05, 4.69) is 5.32 Å². The molecule has 1 aliphatic heterocycles. The topological polar surface area (TPSA) is 58.6 Å². The van der Waals surface area contributed by atoms with E-state index < -0.39 is 11.5 Å². The number of likely N-dealkylation sites (N-methyl/N-ethyl adjacent to an activating group) is 1. The molecule has 4 rings (SSSR count). The van der Waals surface area contributed by atoms with E-state index in [1.54, 1.807) is 11.9 Å². The zero-order chi connectivity index (χ0) is 18.9. The number of para-hydroxylation sites is 1. The van der Waals surface area contributed by atoms with E-state index in [9.17, 15) is 9.59 Å². The maximum Gasteiger partial charge on any atom is 0.242 e. The van der Waals surface area contributed by atoms with Gasteiger partial charge in [0.1, 0.15) is 17.9 Å². The summed E-state index contributed by atoms with van der Waals surface area (Å²) in [4.78, 5) is 27.6. The summed E-state index contributed by atoms with van der Waals surface area (Å²) in [5.41, 5.74) is 0.563. The molecular weight excluding hydrogens is 340 g/mol. The van der Waals surface area contributed by atoms with Crippen molar-refractivity contribution in [3.8, 4) is 5.75 Å². The monoisotopic (exact) mass is 364 g/mol. The van der Waals surface area contributed by atoms with Crippen LogP contribution < -0.4 is 10.1 Å². The molecule has 0 unspecified atom stereocenters. The highest BCUT2D eigenvalue weighted by Crippen LogP contribution is 2.50. The molecule has 0 aromatic heterocycles. The molecule has 27 heavy (non-hydrogen) atoms. The van der Waals surface area contributed by atoms with Crippen LogP contribution >= 0.6 is 0 Å². The SMILES string of the molecule is CNC(=O)[C@@H]1C[C@H](Oc2ccccc2)CN1C(=O)C1(c2ccccc2)CC1. The lowest BCUT2D eigenvalue weighted by Crippen LogP contribution is -2.48. The Hall–Kier alpha value is -2.82. The molecule has 140 valence electrons. The number of likely N-dealkylation sites (tertiary alicyclic amines) is 1. The number of carbonyl (C=O) groups is 2. The van der Waals surface area contributed by atoms with Crippen molar-refractivity contribution in [1.82, 2.24) is 10.2 Å². The molecule has 1 heterocycles. The van der Waals surface area contributed by atoms with Gasteiger partial charge in [-0.25, -0.2) is 0 Å². The van der Waals surface area contributed by atoms with Gasteiger partial charge in [0.05, 0.1) is 12.0 Å². The molecule has 1 saturated heterocycles. The second-order valence-corrected chi connectivity index (χ2v) is 7.32. The number of carbonyl (C=O) groups excluding carboxylic acids is 2. The molecule has 1 saturated carbocycles. The molecule has 1 aliphatic carbocycles. The first-order chi connectivity index (χ1) is 13.1. The summed E-state index contributed by atoms with van der Waals surface area (Å²) >= 11 is 0. The van der Waals surface area contributed by atoms with Gasteiger partial charge in [-0.2, -0.15) is 0 Å². The molecule has 0 radical (unpaired) electrons. The van der Waals surface area contributed by atoms with E-state index in [-0.39, 0.29) is 17.9 Å². The molecule has 1 N–H and O–H groups in total. The number of nitrogens with zero attached hydrogens (tertiary/aromatic N) is 1. The molecule has 2 aromatic rings. The second-order valence-electron chi connectivity index (χ2n) is 7.32. The smallest absolute Gasteiger partial charge is 0.242 e. The molecule has 2 fully saturated rings. The standard InChI is InChI=1S/C22H24N2O3/c1-23-20(25)19-14-18(27-17-10-6-3-7-11-17)15-24(19)21(26)22(12-13-22)16-8-4-2-5-9-16/h2-11,18-19H,12-15H2,1H3,(H,23,25)/t18-,19-/m0/s1. The molecule has 2 aliphatic rings. The Morgan fingerprint density at radius 3 is 2.26 bits per heavy atom. The van der Waals surface area contributed by atoms with E-state index in [1.165, 1.54) is 0 Å². The summed E-state index contributed by atoms with van der Waals surface area (Å²) in [6.07, 6.45) is 1.98. The third-order valence-electron chi connectivity index (χ3n) is 5.60. The van der Waals surface area contributed by atoms with Gasteiger partial charge >= 0.3 is 0 Å². The van der Waals surface area contributed by atoms with Crippen LogP contribution in [0, 0.1) is 0 Å². The molecule has 0 bridgehead atoms. The summed E-state index contributed by atoms with van der Waals surface area (Å²) in [5.74, 6) is 0.671. The number of rotatable bonds is 5. The predicted molar refractivity (Wildman–Crippen MR) is 102 cm³/mol. The molecule has 2 atom stereocenters. The van der Waals surface area contributed by atoms with Crippen LogP contribution in [0.4, 0.5) is 0 Å². The minimum atomic E-state index is -0.489. The minimum absolute atomic E-state index is 0.0430. The van der Waals surface area contributed by atoms with Crippen molar-refractivity contribution in [1.29, 1.82) is 0 Å². The fourth-order valence-corrected chi connectivity index (χ4v) is 4.00. The first kappa shape index (κ1) is 17.6. The van der Waals surface area contributed by atoms with Crippen molar-refractivity contribution in [3.05, 3.63) is 66.2 Å². The number of ether oxygens (including phenoxy) is 1. The maximum absolute atomic E-state index is 13.4. The lowest BCUT2D eigenvalue weighted by atomic mass is 9.94. The summed E-state index contributed by atoms with van der Waals surface area (Å²) in [6.45, 7) is 0.431. The Morgan fingerprint density at radius 1 is 1.04 bits per heavy atom. The average molecular weight is 364 g/mol. The van der Waals surface area contributed by atoms with E-state index in [1.807, 2.05) is 60.7 Å². The Morgan fingerprint density at radius 2 is 1.67 bits per heavy atom. The number of amides is 2. The molecule has 5 nitrogen and oxygen atoms in total. The van der Waals surface area contributed by atoms with Crippen LogP contribution in [0.3, 0.4) is 0 Å². The van der Waals surface area contributed by atoms with Gasteiger partial charge in [-0.15, -0.1) is 0 Å². The Labute approximate surface area is 159 Å². The van der Waals surface area contributed by atoms with Crippen molar-refractivity contribution < 1.29 is 14.3 Å². The fourth-order valence-electron chi connectivity index (χ4n) is 4.00. The summed E-state index contributed by atoms with van der Waals surface area (Å²) in [6, 6.07) is 19.0. The Bertz CT molecular complexity index is 818. The zero-order valence-electron chi connectivity index (χ0n) is 15.4. The number of hydrogen-bond donors (Lipinski definition) is 1. The van der Waals surface area contributed by atoms with Gasteiger partial charge in [0.25, 0.3) is 0 Å². The van der Waals surface area contributed by atoms with Gasteiger partial charge in [0.2, 0.25) is 11.8 Å². The quantitative estimate of drug-likeness (QED) is 0.887. The zero-order valence-corrected chi connectivity index (χ0v) is 15.4. The third-order valence-corrected chi connectivity index (χ3v) is 5.60. The molecule has 2 amide bonds. The van der Waals surface area contributed by atoms with Gasteiger partial charge < -0.3 is 15.0 Å². The van der Waals surface area contributed by atoms with Crippen molar-refractivity contribution in [2.45, 2.75) is 36.8 Å². The van der Waals surface area contributed by atoms with Crippen LogP contribution in [0.15, 0.2) is 60.7 Å². The van der Waals surface area contributed by atoms with E-state index >= 15 is 0 Å². The van der Waals surface area contributed by atoms with E-state index in [4.69, 9.17) is 4.74 Å². The second kappa shape index (κ2) is 7.06. The van der Waals surface area contributed by atoms with Crippen LogP contribution in [0.5, 0.6) is 5.75 Å². The summed E-state index contributed by atoms with van der Waals surface area (Å²) in [7, 11) is 1.61. The van der Waals surface area contributed by atoms with Crippen LogP contribution in [0.1, 0.15) is 24.8 Å². The average Bonchev–Trinajstić information content (AvgIpc) is 3.43. The van der Waals surface area contributed by atoms with Crippen molar-refractivity contribution in [2.75, 3.05) is 13.6 Å². The molecule has 0 spiro atoms. The van der Waals surface area contributed by atoms with E-state index in [0.29, 0.717) is 13.0 Å². The molecule has 5 heteroatoms. The maximum atomic E-state index is 13.4. The van der Waals surface area contributed by atoms with Crippen LogP contribution in [0.2, 0.25) is 0 Å². The highest BCUT2D eigenvalue weighted by Gasteiger charge is 2.56. The van der Waals surface area contributed by atoms with Gasteiger partial charge in [-0.05, 0) is 30.5 Å². The number of nitrogens with one attached hydrogen (secondary N) is 1. The van der Waals surface area contributed by atoms with Crippen molar-refractivity contribution >= 4 is 11.8 Å². The predicted octanol–water partition coefficient (Wildman–Crippen LogP) is 2.51. The van der Waals surface area contributed by atoms with Gasteiger partial charge in [0, 0.05) is 13.5 Å². The lowest BCUT2D eigenvalue weighted by Gasteiger charge is -2.28.